The Bertz CT molecular complexity index is 771. The fourth-order valence-electron chi connectivity index (χ4n) is 3.85. The number of ether oxygens (including phenoxy) is 2. The minimum Gasteiger partial charge on any atom is -0.496 e. The number of hydrogen-bond donors (Lipinski definition) is 1. The molecule has 1 aliphatic rings. The van der Waals surface area contributed by atoms with Gasteiger partial charge in [0.15, 0.2) is 0 Å². The first-order chi connectivity index (χ1) is 13.1. The predicted molar refractivity (Wildman–Crippen MR) is 108 cm³/mol. The Morgan fingerprint density at radius 1 is 1.11 bits per heavy atom. The Morgan fingerprint density at radius 3 is 2.30 bits per heavy atom. The van der Waals surface area contributed by atoms with E-state index in [1.807, 2.05) is 42.5 Å². The highest BCUT2D eigenvalue weighted by Gasteiger charge is 2.37. The molecule has 0 amide bonds. The number of carbonyl (C=O) groups is 1. The van der Waals surface area contributed by atoms with E-state index in [9.17, 15) is 9.90 Å². The molecule has 2 atom stereocenters. The monoisotopic (exact) mass is 433 g/mol. The van der Waals surface area contributed by atoms with Gasteiger partial charge in [0.2, 0.25) is 0 Å². The molecular weight excluding hydrogens is 410 g/mol. The third-order valence-corrected chi connectivity index (χ3v) is 5.61. The minimum absolute atomic E-state index is 0.273. The molecule has 1 N–H and O–H groups in total. The second-order valence-corrected chi connectivity index (χ2v) is 7.53. The average Bonchev–Trinajstić information content (AvgIpc) is 2.70. The van der Waals surface area contributed by atoms with E-state index in [1.165, 1.54) is 0 Å². The number of halogens is 1. The number of aliphatic carboxylic acids is 1. The largest absolute Gasteiger partial charge is 0.496 e. The maximum absolute atomic E-state index is 12.0. The average molecular weight is 434 g/mol. The van der Waals surface area contributed by atoms with Crippen LogP contribution in [0.5, 0.6) is 11.5 Å². The number of nitrogens with zero attached hydrogens (tertiary/aromatic N) is 1. The van der Waals surface area contributed by atoms with Gasteiger partial charge in [0, 0.05) is 4.47 Å². The van der Waals surface area contributed by atoms with Crippen molar-refractivity contribution in [3.8, 4) is 11.5 Å². The summed E-state index contributed by atoms with van der Waals surface area (Å²) >= 11 is 3.48. The zero-order chi connectivity index (χ0) is 19.4. The highest BCUT2D eigenvalue weighted by Crippen LogP contribution is 2.43. The number of hydrogen-bond acceptors (Lipinski definition) is 4. The van der Waals surface area contributed by atoms with E-state index in [-0.39, 0.29) is 6.04 Å². The smallest absolute Gasteiger partial charge is 0.320 e. The maximum Gasteiger partial charge on any atom is 0.320 e. The van der Waals surface area contributed by atoms with Gasteiger partial charge in [-0.2, -0.15) is 0 Å². The van der Waals surface area contributed by atoms with Gasteiger partial charge in [-0.25, -0.2) is 0 Å². The van der Waals surface area contributed by atoms with Crippen LogP contribution in [-0.2, 0) is 4.79 Å². The van der Waals surface area contributed by atoms with Crippen molar-refractivity contribution in [2.45, 2.75) is 31.3 Å². The van der Waals surface area contributed by atoms with Gasteiger partial charge in [-0.3, -0.25) is 9.69 Å². The molecule has 6 heteroatoms. The van der Waals surface area contributed by atoms with E-state index < -0.39 is 12.0 Å². The molecule has 0 spiro atoms. The quantitative estimate of drug-likeness (QED) is 0.726. The summed E-state index contributed by atoms with van der Waals surface area (Å²) in [6, 6.07) is 12.8. The van der Waals surface area contributed by atoms with E-state index >= 15 is 0 Å². The topological polar surface area (TPSA) is 59.0 Å². The van der Waals surface area contributed by atoms with Crippen molar-refractivity contribution in [2.24, 2.45) is 0 Å². The van der Waals surface area contributed by atoms with Gasteiger partial charge in [-0.15, -0.1) is 0 Å². The van der Waals surface area contributed by atoms with Crippen LogP contribution in [0.25, 0.3) is 0 Å². The summed E-state index contributed by atoms with van der Waals surface area (Å²) in [5.74, 6) is 0.597. The normalized spacial score (nSPS) is 18.7. The van der Waals surface area contributed by atoms with E-state index in [0.29, 0.717) is 24.5 Å². The van der Waals surface area contributed by atoms with Crippen LogP contribution >= 0.6 is 15.9 Å². The lowest BCUT2D eigenvalue weighted by molar-refractivity contribution is -0.145. The van der Waals surface area contributed by atoms with Crippen LogP contribution in [0.2, 0.25) is 0 Å². The molecule has 1 heterocycles. The molecule has 5 nitrogen and oxygen atoms in total. The first-order valence-corrected chi connectivity index (χ1v) is 9.81. The van der Waals surface area contributed by atoms with Crippen LogP contribution in [0, 0.1) is 0 Å². The third kappa shape index (κ3) is 4.12. The number of carboxylic acid groups (broad SMARTS) is 1. The summed E-state index contributed by atoms with van der Waals surface area (Å²) in [6.07, 6.45) is 2.53. The molecule has 1 fully saturated rings. The van der Waals surface area contributed by atoms with Crippen LogP contribution in [0.4, 0.5) is 0 Å². The molecule has 2 aromatic rings. The maximum atomic E-state index is 12.0. The molecular formula is C21H24BrNO4. The Kier molecular flexibility index (Phi) is 6.39. The lowest BCUT2D eigenvalue weighted by Gasteiger charge is -2.40. The zero-order valence-electron chi connectivity index (χ0n) is 15.5. The van der Waals surface area contributed by atoms with Crippen molar-refractivity contribution in [3.05, 3.63) is 58.1 Å². The van der Waals surface area contributed by atoms with Crippen molar-refractivity contribution >= 4 is 21.9 Å². The summed E-state index contributed by atoms with van der Waals surface area (Å²) in [5.41, 5.74) is 1.87. The van der Waals surface area contributed by atoms with Crippen LogP contribution in [0.15, 0.2) is 46.9 Å². The highest BCUT2D eigenvalue weighted by atomic mass is 79.9. The van der Waals surface area contributed by atoms with E-state index in [2.05, 4.69) is 20.8 Å². The molecule has 2 unspecified atom stereocenters. The zero-order valence-corrected chi connectivity index (χ0v) is 17.1. The van der Waals surface area contributed by atoms with Crippen LogP contribution in [0.3, 0.4) is 0 Å². The van der Waals surface area contributed by atoms with Crippen molar-refractivity contribution in [3.63, 3.8) is 0 Å². The summed E-state index contributed by atoms with van der Waals surface area (Å²) < 4.78 is 12.3. The minimum atomic E-state index is -0.786. The van der Waals surface area contributed by atoms with Gasteiger partial charge in [-0.1, -0.05) is 40.5 Å². The molecule has 2 aromatic carbocycles. The number of benzene rings is 2. The second-order valence-electron chi connectivity index (χ2n) is 6.62. The Balaban J connectivity index is 2.19. The molecule has 144 valence electrons. The number of rotatable bonds is 6. The fraction of sp³-hybridized carbons (Fsp3) is 0.381. The summed E-state index contributed by atoms with van der Waals surface area (Å²) in [4.78, 5) is 14.0. The lowest BCUT2D eigenvalue weighted by Crippen LogP contribution is -2.47. The summed E-state index contributed by atoms with van der Waals surface area (Å²) in [7, 11) is 3.25. The van der Waals surface area contributed by atoms with Gasteiger partial charge in [0.05, 0.1) is 25.8 Å². The van der Waals surface area contributed by atoms with E-state index in [4.69, 9.17) is 9.47 Å². The molecule has 27 heavy (non-hydrogen) atoms. The SMILES string of the molecule is COc1cccc(OC)c1C(c1ccc(Br)cc1)N1CCCCC1C(=O)O. The summed E-state index contributed by atoms with van der Waals surface area (Å²) in [6.45, 7) is 0.707. The van der Waals surface area contributed by atoms with Gasteiger partial charge in [-0.05, 0) is 49.2 Å². The molecule has 0 radical (unpaired) electrons. The fourth-order valence-corrected chi connectivity index (χ4v) is 4.11. The van der Waals surface area contributed by atoms with Gasteiger partial charge >= 0.3 is 5.97 Å². The molecule has 0 aromatic heterocycles. The first kappa shape index (κ1) is 19.7. The Labute approximate surface area is 168 Å². The van der Waals surface area contributed by atoms with Gasteiger partial charge in [0.25, 0.3) is 0 Å². The third-order valence-electron chi connectivity index (χ3n) is 5.09. The molecule has 1 saturated heterocycles. The van der Waals surface area contributed by atoms with Crippen LogP contribution in [-0.4, -0.2) is 42.8 Å². The second kappa shape index (κ2) is 8.76. The predicted octanol–water partition coefficient (Wildman–Crippen LogP) is 4.49. The Hall–Kier alpha value is -2.05. The first-order valence-electron chi connectivity index (χ1n) is 9.01. The number of carboxylic acids is 1. The van der Waals surface area contributed by atoms with Gasteiger partial charge < -0.3 is 14.6 Å². The van der Waals surface area contributed by atoms with Crippen LogP contribution in [0.1, 0.15) is 36.4 Å². The van der Waals surface area contributed by atoms with Crippen molar-refractivity contribution < 1.29 is 19.4 Å². The van der Waals surface area contributed by atoms with Crippen molar-refractivity contribution in [1.82, 2.24) is 4.90 Å². The summed E-state index contributed by atoms with van der Waals surface area (Å²) in [5, 5.41) is 9.84. The Morgan fingerprint density at radius 2 is 1.74 bits per heavy atom. The molecule has 3 rings (SSSR count). The molecule has 0 aliphatic carbocycles. The van der Waals surface area contributed by atoms with Gasteiger partial charge in [0.1, 0.15) is 17.5 Å². The van der Waals surface area contributed by atoms with E-state index in [0.717, 1.165) is 28.4 Å². The molecule has 0 bridgehead atoms. The molecule has 0 saturated carbocycles. The number of piperidine rings is 1. The number of methoxy groups -OCH3 is 2. The molecule has 1 aliphatic heterocycles. The van der Waals surface area contributed by atoms with Crippen LogP contribution < -0.4 is 9.47 Å². The number of likely N-dealkylation sites (tertiary alicyclic amines) is 1. The van der Waals surface area contributed by atoms with Crippen molar-refractivity contribution in [2.75, 3.05) is 20.8 Å². The van der Waals surface area contributed by atoms with E-state index in [1.54, 1.807) is 14.2 Å². The van der Waals surface area contributed by atoms with Crippen molar-refractivity contribution in [1.29, 1.82) is 0 Å². The lowest BCUT2D eigenvalue weighted by atomic mass is 9.90. The standard InChI is InChI=1S/C21H24BrNO4/c1-26-17-7-5-8-18(27-2)19(17)20(14-9-11-15(22)12-10-14)23-13-4-3-6-16(23)21(24)25/h5,7-12,16,20H,3-4,6,13H2,1-2H3,(H,24,25). The highest BCUT2D eigenvalue weighted by molar-refractivity contribution is 9.10.